The van der Waals surface area contributed by atoms with E-state index >= 15 is 0 Å². The van der Waals surface area contributed by atoms with Gasteiger partial charge in [-0.2, -0.15) is 0 Å². The summed E-state index contributed by atoms with van der Waals surface area (Å²) in [7, 11) is 0. The van der Waals surface area contributed by atoms with Gasteiger partial charge in [0.05, 0.1) is 12.0 Å². The molecule has 2 aromatic rings. The van der Waals surface area contributed by atoms with Crippen LogP contribution in [0.4, 0.5) is 0 Å². The normalized spacial score (nSPS) is 17.6. The van der Waals surface area contributed by atoms with Crippen LogP contribution in [0.2, 0.25) is 0 Å². The Labute approximate surface area is 186 Å². The fourth-order valence-electron chi connectivity index (χ4n) is 4.25. The molecule has 0 aliphatic carbocycles. The Kier molecular flexibility index (Phi) is 8.64. The maximum absolute atomic E-state index is 12.7. The Balaban J connectivity index is 1.49. The van der Waals surface area contributed by atoms with E-state index in [0.29, 0.717) is 19.4 Å². The second-order valence-electron chi connectivity index (χ2n) is 8.99. The molecule has 1 aliphatic heterocycles. The molecule has 0 amide bonds. The minimum Gasteiger partial charge on any atom is -0.464 e. The highest BCUT2D eigenvalue weighted by atomic mass is 16.5. The number of ether oxygens (including phenoxy) is 1. The smallest absolute Gasteiger partial charge is 0.314 e. The Morgan fingerprint density at radius 1 is 1.06 bits per heavy atom. The lowest BCUT2D eigenvalue weighted by molar-refractivity contribution is -0.158. The van der Waals surface area contributed by atoms with Gasteiger partial charge in [-0.25, -0.2) is 0 Å². The fourth-order valence-corrected chi connectivity index (χ4v) is 4.25. The van der Waals surface area contributed by atoms with Gasteiger partial charge in [-0.15, -0.1) is 0 Å². The largest absolute Gasteiger partial charge is 0.464 e. The van der Waals surface area contributed by atoms with Gasteiger partial charge in [0.25, 0.3) is 0 Å². The van der Waals surface area contributed by atoms with Crippen molar-refractivity contribution < 1.29 is 14.6 Å². The number of likely N-dealkylation sites (tertiary alicyclic amines) is 1. The van der Waals surface area contributed by atoms with Gasteiger partial charge >= 0.3 is 5.97 Å². The first-order valence-corrected chi connectivity index (χ1v) is 11.4. The van der Waals surface area contributed by atoms with Crippen LogP contribution in [-0.2, 0) is 16.0 Å². The van der Waals surface area contributed by atoms with E-state index in [2.05, 4.69) is 41.3 Å². The predicted molar refractivity (Wildman–Crippen MR) is 125 cm³/mol. The molecule has 2 atom stereocenters. The van der Waals surface area contributed by atoms with Crippen LogP contribution in [-0.4, -0.2) is 54.9 Å². The van der Waals surface area contributed by atoms with E-state index in [4.69, 9.17) is 10.5 Å². The lowest BCUT2D eigenvalue weighted by Crippen LogP contribution is -2.41. The molecule has 1 saturated heterocycles. The summed E-state index contributed by atoms with van der Waals surface area (Å²) in [6, 6.07) is 18.3. The summed E-state index contributed by atoms with van der Waals surface area (Å²) in [5.74, 6) is -0.359. The highest BCUT2D eigenvalue weighted by molar-refractivity contribution is 5.76. The van der Waals surface area contributed by atoms with Crippen LogP contribution in [0.5, 0.6) is 0 Å². The topological polar surface area (TPSA) is 75.8 Å². The molecule has 0 bridgehead atoms. The van der Waals surface area contributed by atoms with Crippen LogP contribution < -0.4 is 5.73 Å². The molecule has 0 aromatic heterocycles. The van der Waals surface area contributed by atoms with Crippen molar-refractivity contribution in [3.05, 3.63) is 60.2 Å². The van der Waals surface area contributed by atoms with E-state index < -0.39 is 5.41 Å². The van der Waals surface area contributed by atoms with Crippen LogP contribution in [0.3, 0.4) is 0 Å². The summed E-state index contributed by atoms with van der Waals surface area (Å²) < 4.78 is 5.52. The van der Waals surface area contributed by atoms with Crippen LogP contribution in [0.15, 0.2) is 54.6 Å². The summed E-state index contributed by atoms with van der Waals surface area (Å²) >= 11 is 0. The highest BCUT2D eigenvalue weighted by Crippen LogP contribution is 2.26. The van der Waals surface area contributed by atoms with Crippen molar-refractivity contribution in [2.45, 2.75) is 45.1 Å². The third-order valence-electron chi connectivity index (χ3n) is 6.20. The molecule has 0 spiro atoms. The molecule has 1 aliphatic rings. The van der Waals surface area contributed by atoms with Crippen LogP contribution in [0, 0.1) is 5.41 Å². The molecule has 168 valence electrons. The van der Waals surface area contributed by atoms with Crippen LogP contribution in [0.25, 0.3) is 11.1 Å². The molecule has 2 unspecified atom stereocenters. The van der Waals surface area contributed by atoms with E-state index in [1.165, 1.54) is 24.8 Å². The minimum atomic E-state index is -0.981. The number of aliphatic hydroxyl groups excluding tert-OH is 1. The molecule has 0 saturated carbocycles. The molecular formula is C26H36N2O3. The first-order chi connectivity index (χ1) is 15.0. The van der Waals surface area contributed by atoms with Crippen LogP contribution >= 0.6 is 0 Å². The molecule has 0 radical (unpaired) electrons. The second-order valence-corrected chi connectivity index (χ2v) is 8.99. The fraction of sp³-hybridized carbons (Fsp3) is 0.500. The van der Waals surface area contributed by atoms with Gasteiger partial charge in [0.15, 0.2) is 0 Å². The molecule has 1 heterocycles. The lowest BCUT2D eigenvalue weighted by Gasteiger charge is -2.30. The third kappa shape index (κ3) is 6.89. The van der Waals surface area contributed by atoms with E-state index in [9.17, 15) is 9.90 Å². The van der Waals surface area contributed by atoms with Gasteiger partial charge in [-0.3, -0.25) is 9.69 Å². The summed E-state index contributed by atoms with van der Waals surface area (Å²) in [6.45, 7) is 4.74. The first kappa shape index (κ1) is 23.5. The second kappa shape index (κ2) is 11.4. The third-order valence-corrected chi connectivity index (χ3v) is 6.20. The molecule has 3 rings (SSSR count). The maximum Gasteiger partial charge on any atom is 0.314 e. The van der Waals surface area contributed by atoms with Crippen LogP contribution in [0.1, 0.15) is 38.2 Å². The Morgan fingerprint density at radius 3 is 2.35 bits per heavy atom. The van der Waals surface area contributed by atoms with Gasteiger partial charge < -0.3 is 15.6 Å². The zero-order valence-electron chi connectivity index (χ0n) is 18.6. The molecule has 2 aromatic carbocycles. The van der Waals surface area contributed by atoms with Crippen molar-refractivity contribution in [3.8, 4) is 11.1 Å². The van der Waals surface area contributed by atoms with Gasteiger partial charge in [0.1, 0.15) is 6.61 Å². The number of aliphatic hydroxyl groups is 1. The predicted octanol–water partition coefficient (Wildman–Crippen LogP) is 3.64. The highest BCUT2D eigenvalue weighted by Gasteiger charge is 2.36. The zero-order valence-corrected chi connectivity index (χ0v) is 18.6. The number of esters is 1. The number of piperidine rings is 1. The van der Waals surface area contributed by atoms with Crippen molar-refractivity contribution in [2.75, 3.05) is 32.8 Å². The van der Waals surface area contributed by atoms with E-state index in [1.54, 1.807) is 6.92 Å². The first-order valence-electron chi connectivity index (χ1n) is 11.4. The van der Waals surface area contributed by atoms with Crippen molar-refractivity contribution >= 4 is 5.97 Å². The number of rotatable bonds is 10. The molecular weight excluding hydrogens is 388 g/mol. The average molecular weight is 425 g/mol. The van der Waals surface area contributed by atoms with E-state index in [1.807, 2.05) is 18.2 Å². The number of carbonyl (C=O) groups excluding carboxylic acids is 1. The Bertz CT molecular complexity index is 803. The number of nitrogens with two attached hydrogens (primary N) is 1. The number of hydrogen-bond acceptors (Lipinski definition) is 5. The van der Waals surface area contributed by atoms with Gasteiger partial charge in [0.2, 0.25) is 0 Å². The number of hydrogen-bond donors (Lipinski definition) is 2. The SMILES string of the molecule is CC(CO)(CC(N)Cc1ccc(-c2ccccc2)cc1)C(=O)OCCN1CCCCC1. The zero-order chi connectivity index (χ0) is 22.1. The summed E-state index contributed by atoms with van der Waals surface area (Å²) in [6.07, 6.45) is 4.73. The Hall–Kier alpha value is -2.21. The van der Waals surface area contributed by atoms with Gasteiger partial charge in [-0.05, 0) is 62.4 Å². The molecule has 31 heavy (non-hydrogen) atoms. The lowest BCUT2D eigenvalue weighted by atomic mass is 9.83. The molecule has 5 nitrogen and oxygen atoms in total. The quantitative estimate of drug-likeness (QED) is 0.570. The molecule has 5 heteroatoms. The van der Waals surface area contributed by atoms with Gasteiger partial charge in [-0.1, -0.05) is 61.0 Å². The number of benzene rings is 2. The van der Waals surface area contributed by atoms with Crippen molar-refractivity contribution in [3.63, 3.8) is 0 Å². The van der Waals surface area contributed by atoms with Gasteiger partial charge in [0, 0.05) is 12.6 Å². The molecule has 3 N–H and O–H groups in total. The molecule has 1 fully saturated rings. The van der Waals surface area contributed by atoms with Crippen molar-refractivity contribution in [1.82, 2.24) is 4.90 Å². The minimum absolute atomic E-state index is 0.241. The standard InChI is InChI=1S/C26H36N2O3/c1-26(20-29,25(30)31-17-16-28-14-6-3-7-15-28)19-24(27)18-21-10-12-23(13-11-21)22-8-4-2-5-9-22/h2,4-5,8-13,24,29H,3,6-7,14-20,27H2,1H3. The maximum atomic E-state index is 12.7. The summed E-state index contributed by atoms with van der Waals surface area (Å²) in [5, 5.41) is 9.91. The van der Waals surface area contributed by atoms with E-state index in [0.717, 1.165) is 30.8 Å². The van der Waals surface area contributed by atoms with E-state index in [-0.39, 0.29) is 18.6 Å². The monoisotopic (exact) mass is 424 g/mol. The average Bonchev–Trinajstić information content (AvgIpc) is 2.80. The Morgan fingerprint density at radius 2 is 1.71 bits per heavy atom. The summed E-state index contributed by atoms with van der Waals surface area (Å²) in [5.41, 5.74) is 8.85. The number of nitrogens with zero attached hydrogens (tertiary/aromatic N) is 1. The summed E-state index contributed by atoms with van der Waals surface area (Å²) in [4.78, 5) is 15.0. The van der Waals surface area contributed by atoms with Crippen molar-refractivity contribution in [2.24, 2.45) is 11.1 Å². The van der Waals surface area contributed by atoms with Crippen molar-refractivity contribution in [1.29, 1.82) is 0 Å². The number of carbonyl (C=O) groups is 1.